The molecule has 43 heavy (non-hydrogen) atoms. The number of methoxy groups -OCH3 is 3. The number of rotatable bonds is 12. The van der Waals surface area contributed by atoms with Gasteiger partial charge in [0.2, 0.25) is 5.91 Å². The highest BCUT2D eigenvalue weighted by atomic mass is 32.2. The molecule has 4 rings (SSSR count). The molecule has 0 unspecified atom stereocenters. The van der Waals surface area contributed by atoms with Gasteiger partial charge >= 0.3 is 0 Å². The van der Waals surface area contributed by atoms with Gasteiger partial charge in [0.1, 0.15) is 22.9 Å². The molecule has 0 atom stereocenters. The van der Waals surface area contributed by atoms with Crippen molar-refractivity contribution in [1.82, 2.24) is 5.32 Å². The van der Waals surface area contributed by atoms with Gasteiger partial charge in [-0.2, -0.15) is 0 Å². The Balaban J connectivity index is 1.41. The number of nitrogens with one attached hydrogen (secondary N) is 3. The third-order valence-electron chi connectivity index (χ3n) is 6.08. The SMILES string of the molecule is COc1cc(NC(=O)CSc2ccc(NC(=O)/C(=C/c3ccccc3OC)NC(=O)c3ccccc3)cc2)cc(OC)c1. The number of para-hydroxylation sites is 1. The summed E-state index contributed by atoms with van der Waals surface area (Å²) < 4.78 is 15.9. The lowest BCUT2D eigenvalue weighted by molar-refractivity contribution is -0.114. The average Bonchev–Trinajstić information content (AvgIpc) is 3.04. The van der Waals surface area contributed by atoms with Crippen molar-refractivity contribution >= 4 is 46.9 Å². The molecular weight excluding hydrogens is 566 g/mol. The van der Waals surface area contributed by atoms with Gasteiger partial charge in [-0.25, -0.2) is 0 Å². The van der Waals surface area contributed by atoms with Gasteiger partial charge in [0.05, 0.1) is 27.1 Å². The van der Waals surface area contributed by atoms with Crippen LogP contribution in [-0.4, -0.2) is 44.8 Å². The van der Waals surface area contributed by atoms with Crippen molar-refractivity contribution in [2.45, 2.75) is 4.90 Å². The number of hydrogen-bond donors (Lipinski definition) is 3. The number of carbonyl (C=O) groups excluding carboxylic acids is 3. The predicted octanol–water partition coefficient (Wildman–Crippen LogP) is 5.85. The van der Waals surface area contributed by atoms with Crippen LogP contribution in [0.25, 0.3) is 6.08 Å². The Kier molecular flexibility index (Phi) is 10.8. The summed E-state index contributed by atoms with van der Waals surface area (Å²) in [6.45, 7) is 0. The first kappa shape index (κ1) is 30.7. The molecule has 0 spiro atoms. The van der Waals surface area contributed by atoms with Gasteiger partial charge in [0.15, 0.2) is 0 Å². The first-order valence-electron chi connectivity index (χ1n) is 13.2. The topological polar surface area (TPSA) is 115 Å². The first-order chi connectivity index (χ1) is 20.9. The normalized spacial score (nSPS) is 10.8. The van der Waals surface area contributed by atoms with E-state index >= 15 is 0 Å². The van der Waals surface area contributed by atoms with Crippen molar-refractivity contribution in [2.24, 2.45) is 0 Å². The Morgan fingerprint density at radius 3 is 2.02 bits per heavy atom. The summed E-state index contributed by atoms with van der Waals surface area (Å²) in [6.07, 6.45) is 1.57. The Morgan fingerprint density at radius 2 is 1.37 bits per heavy atom. The van der Waals surface area contributed by atoms with Crippen molar-refractivity contribution in [3.63, 3.8) is 0 Å². The van der Waals surface area contributed by atoms with E-state index in [9.17, 15) is 14.4 Å². The van der Waals surface area contributed by atoms with Crippen LogP contribution in [0.4, 0.5) is 11.4 Å². The third-order valence-corrected chi connectivity index (χ3v) is 7.10. The maximum absolute atomic E-state index is 13.3. The van der Waals surface area contributed by atoms with Gasteiger partial charge in [-0.1, -0.05) is 36.4 Å². The van der Waals surface area contributed by atoms with E-state index in [4.69, 9.17) is 14.2 Å². The molecule has 10 heteroatoms. The van der Waals surface area contributed by atoms with E-state index in [2.05, 4.69) is 16.0 Å². The van der Waals surface area contributed by atoms with Crippen LogP contribution in [0.2, 0.25) is 0 Å². The molecule has 0 radical (unpaired) electrons. The van der Waals surface area contributed by atoms with Crippen LogP contribution < -0.4 is 30.2 Å². The number of anilines is 2. The fraction of sp³-hybridized carbons (Fsp3) is 0.121. The molecule has 9 nitrogen and oxygen atoms in total. The van der Waals surface area contributed by atoms with Crippen LogP contribution in [0.3, 0.4) is 0 Å². The molecule has 4 aromatic rings. The number of thioether (sulfide) groups is 1. The van der Waals surface area contributed by atoms with Gasteiger partial charge in [0.25, 0.3) is 11.8 Å². The highest BCUT2D eigenvalue weighted by molar-refractivity contribution is 8.00. The van der Waals surface area contributed by atoms with Crippen LogP contribution >= 0.6 is 11.8 Å². The van der Waals surface area contributed by atoms with E-state index in [0.29, 0.717) is 39.8 Å². The van der Waals surface area contributed by atoms with Crippen molar-refractivity contribution < 1.29 is 28.6 Å². The quantitative estimate of drug-likeness (QED) is 0.139. The number of carbonyl (C=O) groups is 3. The minimum atomic E-state index is -0.510. The van der Waals surface area contributed by atoms with Crippen molar-refractivity contribution in [2.75, 3.05) is 37.7 Å². The number of amides is 3. The summed E-state index contributed by atoms with van der Waals surface area (Å²) in [6, 6.07) is 28.0. The van der Waals surface area contributed by atoms with E-state index < -0.39 is 11.8 Å². The summed E-state index contributed by atoms with van der Waals surface area (Å²) in [5.74, 6) is 0.734. The van der Waals surface area contributed by atoms with Crippen LogP contribution in [-0.2, 0) is 9.59 Å². The van der Waals surface area contributed by atoms with E-state index in [1.165, 1.54) is 18.9 Å². The fourth-order valence-corrected chi connectivity index (χ4v) is 4.64. The summed E-state index contributed by atoms with van der Waals surface area (Å²) in [5.41, 5.74) is 2.17. The standard InChI is InChI=1S/C33H31N3O6S/c1-40-26-18-25(19-27(20-26)41-2)34-31(37)21-43-28-15-13-24(14-16-28)35-33(39)29(17-23-11-7-8-12-30(23)42-3)36-32(38)22-9-5-4-6-10-22/h4-20H,21H2,1-3H3,(H,34,37)(H,35,39)(H,36,38)/b29-17-. The maximum atomic E-state index is 13.3. The van der Waals surface area contributed by atoms with Crippen LogP contribution in [0, 0.1) is 0 Å². The molecule has 0 heterocycles. The Bertz CT molecular complexity index is 1580. The number of hydrogen-bond acceptors (Lipinski definition) is 7. The molecule has 0 aliphatic carbocycles. The van der Waals surface area contributed by atoms with Gasteiger partial charge in [0, 0.05) is 45.6 Å². The lowest BCUT2D eigenvalue weighted by atomic mass is 10.1. The zero-order valence-electron chi connectivity index (χ0n) is 23.9. The molecule has 4 aromatic carbocycles. The van der Waals surface area contributed by atoms with E-state index in [-0.39, 0.29) is 17.4 Å². The Morgan fingerprint density at radius 1 is 0.721 bits per heavy atom. The van der Waals surface area contributed by atoms with Gasteiger partial charge in [-0.3, -0.25) is 14.4 Å². The summed E-state index contributed by atoms with van der Waals surface area (Å²) in [5, 5.41) is 8.39. The summed E-state index contributed by atoms with van der Waals surface area (Å²) >= 11 is 1.34. The molecule has 0 aliphatic rings. The fourth-order valence-electron chi connectivity index (χ4n) is 3.94. The molecule has 3 amide bonds. The second-order valence-electron chi connectivity index (χ2n) is 9.04. The highest BCUT2D eigenvalue weighted by Crippen LogP contribution is 2.27. The Hall–Kier alpha value is -5.22. The zero-order chi connectivity index (χ0) is 30.6. The van der Waals surface area contributed by atoms with E-state index in [1.807, 2.05) is 18.2 Å². The molecule has 0 saturated carbocycles. The lowest BCUT2D eigenvalue weighted by Gasteiger charge is -2.13. The third kappa shape index (κ3) is 8.88. The first-order valence-corrected chi connectivity index (χ1v) is 14.2. The average molecular weight is 598 g/mol. The second kappa shape index (κ2) is 15.1. The van der Waals surface area contributed by atoms with Gasteiger partial charge in [-0.15, -0.1) is 11.8 Å². The molecular formula is C33H31N3O6S. The van der Waals surface area contributed by atoms with Crippen LogP contribution in [0.5, 0.6) is 17.2 Å². The monoisotopic (exact) mass is 597 g/mol. The number of benzene rings is 4. The predicted molar refractivity (Wildman–Crippen MR) is 169 cm³/mol. The molecule has 0 saturated heterocycles. The maximum Gasteiger partial charge on any atom is 0.272 e. The van der Waals surface area contributed by atoms with E-state index in [0.717, 1.165) is 4.90 Å². The second-order valence-corrected chi connectivity index (χ2v) is 10.1. The molecule has 0 aliphatic heterocycles. The number of ether oxygens (including phenoxy) is 3. The molecule has 0 aromatic heterocycles. The van der Waals surface area contributed by atoms with Crippen molar-refractivity contribution in [1.29, 1.82) is 0 Å². The largest absolute Gasteiger partial charge is 0.497 e. The molecule has 0 bridgehead atoms. The summed E-state index contributed by atoms with van der Waals surface area (Å²) in [7, 11) is 4.62. The lowest BCUT2D eigenvalue weighted by Crippen LogP contribution is -2.30. The van der Waals surface area contributed by atoms with Crippen molar-refractivity contribution in [3.8, 4) is 17.2 Å². The van der Waals surface area contributed by atoms with Gasteiger partial charge in [-0.05, 0) is 48.5 Å². The molecule has 3 N–H and O–H groups in total. The smallest absolute Gasteiger partial charge is 0.272 e. The van der Waals surface area contributed by atoms with Crippen molar-refractivity contribution in [3.05, 3.63) is 114 Å². The minimum Gasteiger partial charge on any atom is -0.497 e. The zero-order valence-corrected chi connectivity index (χ0v) is 24.7. The van der Waals surface area contributed by atoms with Gasteiger partial charge < -0.3 is 30.2 Å². The Labute approximate surface area is 254 Å². The molecule has 220 valence electrons. The summed E-state index contributed by atoms with van der Waals surface area (Å²) in [4.78, 5) is 39.6. The van der Waals surface area contributed by atoms with E-state index in [1.54, 1.807) is 99.2 Å². The molecule has 0 fully saturated rings. The minimum absolute atomic E-state index is 0.0441. The van der Waals surface area contributed by atoms with Crippen LogP contribution in [0.15, 0.2) is 108 Å². The highest BCUT2D eigenvalue weighted by Gasteiger charge is 2.16. The van der Waals surface area contributed by atoms with Crippen LogP contribution in [0.1, 0.15) is 15.9 Å².